The van der Waals surface area contributed by atoms with Gasteiger partial charge in [-0.3, -0.25) is 4.79 Å². The van der Waals surface area contributed by atoms with Crippen molar-refractivity contribution >= 4 is 17.6 Å². The summed E-state index contributed by atoms with van der Waals surface area (Å²) < 4.78 is 6.81. The van der Waals surface area contributed by atoms with Crippen molar-refractivity contribution < 1.29 is 14.3 Å². The summed E-state index contributed by atoms with van der Waals surface area (Å²) in [6, 6.07) is 5.89. The standard InChI is InChI=1S/C19H24N2O3/c1-7-24-19(23)17-13(4)16(14(5)21(17)6)18(22)20-15-9-11(2)8-12(3)10-15/h8-10H,7H2,1-6H3,(H,20,22). The Balaban J connectivity index is 2.39. The Hall–Kier alpha value is -2.56. The van der Waals surface area contributed by atoms with E-state index < -0.39 is 5.97 Å². The van der Waals surface area contributed by atoms with E-state index in [9.17, 15) is 9.59 Å². The van der Waals surface area contributed by atoms with Gasteiger partial charge in [0.1, 0.15) is 5.69 Å². The molecule has 2 rings (SSSR count). The molecule has 1 N–H and O–H groups in total. The maximum absolute atomic E-state index is 12.7. The number of hydrogen-bond donors (Lipinski definition) is 1. The van der Waals surface area contributed by atoms with E-state index in [0.29, 0.717) is 23.4 Å². The van der Waals surface area contributed by atoms with Crippen molar-refractivity contribution in [3.63, 3.8) is 0 Å². The van der Waals surface area contributed by atoms with Crippen LogP contribution in [0.5, 0.6) is 0 Å². The van der Waals surface area contributed by atoms with Crippen LogP contribution in [0.1, 0.15) is 50.2 Å². The van der Waals surface area contributed by atoms with Gasteiger partial charge in [0.2, 0.25) is 0 Å². The summed E-state index contributed by atoms with van der Waals surface area (Å²) in [7, 11) is 1.77. The van der Waals surface area contributed by atoms with Gasteiger partial charge in [-0.1, -0.05) is 6.07 Å². The van der Waals surface area contributed by atoms with Crippen molar-refractivity contribution in [1.29, 1.82) is 0 Å². The average molecular weight is 328 g/mol. The second-order valence-electron chi connectivity index (χ2n) is 6.04. The van der Waals surface area contributed by atoms with E-state index in [2.05, 4.69) is 5.32 Å². The summed E-state index contributed by atoms with van der Waals surface area (Å²) in [5.41, 5.74) is 5.21. The Morgan fingerprint density at radius 1 is 1.08 bits per heavy atom. The third kappa shape index (κ3) is 3.35. The number of nitrogens with zero attached hydrogens (tertiary/aromatic N) is 1. The molecule has 5 nitrogen and oxygen atoms in total. The topological polar surface area (TPSA) is 60.3 Å². The molecule has 0 saturated heterocycles. The largest absolute Gasteiger partial charge is 0.461 e. The SMILES string of the molecule is CCOC(=O)c1c(C)c(C(=O)Nc2cc(C)cc(C)c2)c(C)n1C. The number of anilines is 1. The molecule has 0 fully saturated rings. The fraction of sp³-hybridized carbons (Fsp3) is 0.368. The van der Waals surface area contributed by atoms with Crippen LogP contribution in [0.25, 0.3) is 0 Å². The molecular weight excluding hydrogens is 304 g/mol. The minimum atomic E-state index is -0.411. The second kappa shape index (κ2) is 6.91. The second-order valence-corrected chi connectivity index (χ2v) is 6.04. The molecule has 2 aromatic rings. The number of aromatic nitrogens is 1. The van der Waals surface area contributed by atoms with E-state index >= 15 is 0 Å². The number of nitrogens with one attached hydrogen (secondary N) is 1. The number of hydrogen-bond acceptors (Lipinski definition) is 3. The van der Waals surface area contributed by atoms with Crippen LogP contribution in [0.2, 0.25) is 0 Å². The molecule has 5 heteroatoms. The van der Waals surface area contributed by atoms with Crippen molar-refractivity contribution in [2.45, 2.75) is 34.6 Å². The molecule has 0 aliphatic heterocycles. The first kappa shape index (κ1) is 17.8. The maximum atomic E-state index is 12.7. The zero-order valence-electron chi connectivity index (χ0n) is 15.1. The number of esters is 1. The highest BCUT2D eigenvalue weighted by Crippen LogP contribution is 2.24. The summed E-state index contributed by atoms with van der Waals surface area (Å²) in [4.78, 5) is 24.9. The molecule has 0 unspecified atom stereocenters. The van der Waals surface area contributed by atoms with Crippen LogP contribution in [0.15, 0.2) is 18.2 Å². The van der Waals surface area contributed by atoms with Crippen molar-refractivity contribution in [1.82, 2.24) is 4.57 Å². The van der Waals surface area contributed by atoms with Crippen molar-refractivity contribution in [3.8, 4) is 0 Å². The van der Waals surface area contributed by atoms with E-state index in [1.165, 1.54) is 0 Å². The van der Waals surface area contributed by atoms with E-state index in [1.54, 1.807) is 25.5 Å². The van der Waals surface area contributed by atoms with E-state index in [4.69, 9.17) is 4.74 Å². The van der Waals surface area contributed by atoms with Crippen LogP contribution in [-0.4, -0.2) is 23.1 Å². The molecule has 0 aliphatic rings. The average Bonchev–Trinajstić information content (AvgIpc) is 2.68. The minimum absolute atomic E-state index is 0.221. The van der Waals surface area contributed by atoms with Crippen LogP contribution in [0, 0.1) is 27.7 Å². The fourth-order valence-electron chi connectivity index (χ4n) is 3.04. The van der Waals surface area contributed by atoms with Gasteiger partial charge in [-0.2, -0.15) is 0 Å². The minimum Gasteiger partial charge on any atom is -0.461 e. The lowest BCUT2D eigenvalue weighted by Crippen LogP contribution is -2.14. The van der Waals surface area contributed by atoms with Gasteiger partial charge in [0.05, 0.1) is 12.2 Å². The molecular formula is C19H24N2O3. The number of carbonyl (C=O) groups is 2. The predicted molar refractivity (Wildman–Crippen MR) is 94.7 cm³/mol. The van der Waals surface area contributed by atoms with E-state index in [1.807, 2.05) is 39.0 Å². The van der Waals surface area contributed by atoms with Gasteiger partial charge in [-0.25, -0.2) is 4.79 Å². The molecule has 0 radical (unpaired) electrons. The van der Waals surface area contributed by atoms with Crippen LogP contribution in [0.3, 0.4) is 0 Å². The van der Waals surface area contributed by atoms with Gasteiger partial charge in [0.15, 0.2) is 0 Å². The van der Waals surface area contributed by atoms with E-state index in [0.717, 1.165) is 22.5 Å². The first-order valence-corrected chi connectivity index (χ1v) is 7.98. The highest BCUT2D eigenvalue weighted by molar-refractivity contribution is 6.08. The lowest BCUT2D eigenvalue weighted by molar-refractivity contribution is 0.0514. The number of carbonyl (C=O) groups excluding carboxylic acids is 2. The number of amides is 1. The summed E-state index contributed by atoms with van der Waals surface area (Å²) in [6.45, 7) is 9.63. The van der Waals surface area contributed by atoms with Gasteiger partial charge < -0.3 is 14.6 Å². The molecule has 24 heavy (non-hydrogen) atoms. The molecule has 0 atom stereocenters. The highest BCUT2D eigenvalue weighted by atomic mass is 16.5. The highest BCUT2D eigenvalue weighted by Gasteiger charge is 2.25. The number of benzene rings is 1. The molecule has 128 valence electrons. The number of rotatable bonds is 4. The summed E-state index contributed by atoms with van der Waals surface area (Å²) >= 11 is 0. The monoisotopic (exact) mass is 328 g/mol. The Morgan fingerprint density at radius 2 is 1.67 bits per heavy atom. The molecule has 0 aliphatic carbocycles. The third-order valence-corrected chi connectivity index (χ3v) is 4.11. The Bertz CT molecular complexity index is 783. The van der Waals surface area contributed by atoms with Crippen molar-refractivity contribution in [2.24, 2.45) is 7.05 Å². The van der Waals surface area contributed by atoms with Gasteiger partial charge in [0.25, 0.3) is 5.91 Å². The zero-order valence-corrected chi connectivity index (χ0v) is 15.1. The van der Waals surface area contributed by atoms with E-state index in [-0.39, 0.29) is 5.91 Å². The van der Waals surface area contributed by atoms with Crippen LogP contribution >= 0.6 is 0 Å². The van der Waals surface area contributed by atoms with Gasteiger partial charge in [-0.05, 0) is 63.4 Å². The fourth-order valence-corrected chi connectivity index (χ4v) is 3.04. The predicted octanol–water partition coefficient (Wildman–Crippen LogP) is 3.69. The molecule has 1 aromatic carbocycles. The van der Waals surface area contributed by atoms with Gasteiger partial charge >= 0.3 is 5.97 Å². The number of aryl methyl sites for hydroxylation is 2. The van der Waals surface area contributed by atoms with Crippen molar-refractivity contribution in [3.05, 3.63) is 51.8 Å². The summed E-state index contributed by atoms with van der Waals surface area (Å²) in [6.07, 6.45) is 0. The number of ether oxygens (including phenoxy) is 1. The van der Waals surface area contributed by atoms with Crippen LogP contribution in [0.4, 0.5) is 5.69 Å². The van der Waals surface area contributed by atoms with Crippen LogP contribution in [-0.2, 0) is 11.8 Å². The quantitative estimate of drug-likeness (QED) is 0.871. The lowest BCUT2D eigenvalue weighted by atomic mass is 10.1. The Labute approximate surface area is 142 Å². The Kier molecular flexibility index (Phi) is 5.12. The van der Waals surface area contributed by atoms with Crippen LogP contribution < -0.4 is 5.32 Å². The van der Waals surface area contributed by atoms with Gasteiger partial charge in [0, 0.05) is 18.4 Å². The first-order valence-electron chi connectivity index (χ1n) is 7.98. The molecule has 1 amide bonds. The molecule has 0 bridgehead atoms. The molecule has 1 aromatic heterocycles. The Morgan fingerprint density at radius 3 is 2.21 bits per heavy atom. The third-order valence-electron chi connectivity index (χ3n) is 4.11. The molecule has 0 saturated carbocycles. The first-order chi connectivity index (χ1) is 11.3. The normalized spacial score (nSPS) is 10.6. The molecule has 1 heterocycles. The van der Waals surface area contributed by atoms with Crippen molar-refractivity contribution in [2.75, 3.05) is 11.9 Å². The summed E-state index contributed by atoms with van der Waals surface area (Å²) in [5, 5.41) is 2.93. The van der Waals surface area contributed by atoms with Gasteiger partial charge in [-0.15, -0.1) is 0 Å². The zero-order chi connectivity index (χ0) is 18.0. The maximum Gasteiger partial charge on any atom is 0.355 e. The molecule has 0 spiro atoms. The summed E-state index contributed by atoms with van der Waals surface area (Å²) in [5.74, 6) is -0.632. The lowest BCUT2D eigenvalue weighted by Gasteiger charge is -2.08. The smallest absolute Gasteiger partial charge is 0.355 e.